The highest BCUT2D eigenvalue weighted by Crippen LogP contribution is 2.37. The van der Waals surface area contributed by atoms with Gasteiger partial charge in [-0.2, -0.15) is 0 Å². The van der Waals surface area contributed by atoms with Crippen LogP contribution >= 0.6 is 0 Å². The van der Waals surface area contributed by atoms with Crippen molar-refractivity contribution in [3.8, 4) is 0 Å². The minimum absolute atomic E-state index is 0.128. The van der Waals surface area contributed by atoms with Gasteiger partial charge >= 0.3 is 0 Å². The van der Waals surface area contributed by atoms with Crippen LogP contribution in [0.4, 0.5) is 4.39 Å². The molecule has 110 valence electrons. The molecule has 3 rings (SSSR count). The van der Waals surface area contributed by atoms with Gasteiger partial charge in [0.25, 0.3) is 0 Å². The Morgan fingerprint density at radius 1 is 0.800 bits per heavy atom. The van der Waals surface area contributed by atoms with Gasteiger partial charge in [-0.25, -0.2) is 4.39 Å². The van der Waals surface area contributed by atoms with E-state index in [1.807, 2.05) is 12.1 Å². The van der Waals surface area contributed by atoms with Crippen LogP contribution in [0.1, 0.15) is 69.3 Å². The number of hydrogen-bond donors (Lipinski definition) is 1. The topological polar surface area (TPSA) is 12.0 Å². The monoisotopic (exact) mass is 275 g/mol. The van der Waals surface area contributed by atoms with Crippen molar-refractivity contribution in [2.45, 2.75) is 75.8 Å². The van der Waals surface area contributed by atoms with Crippen LogP contribution in [0.2, 0.25) is 0 Å². The molecule has 1 N–H and O–H groups in total. The van der Waals surface area contributed by atoms with Gasteiger partial charge in [-0.15, -0.1) is 0 Å². The van der Waals surface area contributed by atoms with Gasteiger partial charge in [-0.3, -0.25) is 0 Å². The summed E-state index contributed by atoms with van der Waals surface area (Å²) < 4.78 is 12.9. The fraction of sp³-hybridized carbons (Fsp3) is 0.667. The van der Waals surface area contributed by atoms with Crippen molar-refractivity contribution in [1.82, 2.24) is 5.32 Å². The Bertz CT molecular complexity index is 400. The van der Waals surface area contributed by atoms with Gasteiger partial charge in [-0.05, 0) is 49.3 Å². The largest absolute Gasteiger partial charge is 0.311 e. The number of nitrogens with one attached hydrogen (secondary N) is 1. The molecule has 2 saturated carbocycles. The van der Waals surface area contributed by atoms with Crippen molar-refractivity contribution in [2.75, 3.05) is 0 Å². The maximum Gasteiger partial charge on any atom is 0.123 e. The fourth-order valence-electron chi connectivity index (χ4n) is 3.72. The van der Waals surface area contributed by atoms with Gasteiger partial charge in [0.05, 0.1) is 0 Å². The smallest absolute Gasteiger partial charge is 0.123 e. The third kappa shape index (κ3) is 3.60. The predicted octanol–water partition coefficient (Wildman–Crippen LogP) is 4.77. The molecule has 1 nitrogen and oxygen atoms in total. The fourth-order valence-corrected chi connectivity index (χ4v) is 3.72. The zero-order valence-corrected chi connectivity index (χ0v) is 12.3. The lowest BCUT2D eigenvalue weighted by Crippen LogP contribution is -2.45. The van der Waals surface area contributed by atoms with E-state index in [0.717, 1.165) is 6.04 Å². The molecule has 0 saturated heterocycles. The van der Waals surface area contributed by atoms with Gasteiger partial charge in [0, 0.05) is 12.1 Å². The van der Waals surface area contributed by atoms with E-state index in [1.165, 1.54) is 63.4 Å². The average Bonchev–Trinajstić information content (AvgIpc) is 2.37. The standard InChI is InChI=1S/C18H26FN/c19-16-10-8-14(9-11-16)15-12-18(13-15)20-17-6-4-2-1-3-5-7-17/h8-11,15,17-18,20H,1-7,12-13H2. The lowest BCUT2D eigenvalue weighted by Gasteiger charge is -2.39. The Kier molecular flexibility index (Phi) is 4.72. The molecular weight excluding hydrogens is 249 g/mol. The number of hydrogen-bond acceptors (Lipinski definition) is 1. The molecule has 1 aromatic carbocycles. The molecule has 2 heteroatoms. The maximum absolute atomic E-state index is 12.9. The van der Waals surface area contributed by atoms with Gasteiger partial charge in [-0.1, -0.05) is 44.2 Å². The molecule has 2 fully saturated rings. The third-order valence-electron chi connectivity index (χ3n) is 5.06. The predicted molar refractivity (Wildman–Crippen MR) is 81.4 cm³/mol. The van der Waals surface area contributed by atoms with E-state index in [0.29, 0.717) is 12.0 Å². The molecule has 0 aliphatic heterocycles. The van der Waals surface area contributed by atoms with Crippen molar-refractivity contribution in [3.05, 3.63) is 35.6 Å². The molecule has 0 heterocycles. The Labute approximate surface area is 122 Å². The number of benzene rings is 1. The summed E-state index contributed by atoms with van der Waals surface area (Å²) in [4.78, 5) is 0. The van der Waals surface area contributed by atoms with Crippen LogP contribution in [0.5, 0.6) is 0 Å². The first-order valence-electron chi connectivity index (χ1n) is 8.33. The van der Waals surface area contributed by atoms with Crippen LogP contribution in [-0.4, -0.2) is 12.1 Å². The lowest BCUT2D eigenvalue weighted by molar-refractivity contribution is 0.245. The van der Waals surface area contributed by atoms with Gasteiger partial charge < -0.3 is 5.32 Å². The molecule has 0 unspecified atom stereocenters. The highest BCUT2D eigenvalue weighted by molar-refractivity contribution is 5.23. The first-order valence-corrected chi connectivity index (χ1v) is 8.33. The lowest BCUT2D eigenvalue weighted by atomic mass is 9.75. The van der Waals surface area contributed by atoms with Gasteiger partial charge in [0.15, 0.2) is 0 Å². The first-order chi connectivity index (χ1) is 9.81. The Morgan fingerprint density at radius 2 is 1.40 bits per heavy atom. The van der Waals surface area contributed by atoms with Crippen molar-refractivity contribution < 1.29 is 4.39 Å². The van der Waals surface area contributed by atoms with Crippen molar-refractivity contribution in [2.24, 2.45) is 0 Å². The molecule has 0 atom stereocenters. The molecule has 0 radical (unpaired) electrons. The zero-order chi connectivity index (χ0) is 13.8. The second-order valence-electron chi connectivity index (χ2n) is 6.63. The minimum Gasteiger partial charge on any atom is -0.311 e. The number of rotatable bonds is 3. The van der Waals surface area contributed by atoms with E-state index in [-0.39, 0.29) is 5.82 Å². The number of halogens is 1. The third-order valence-corrected chi connectivity index (χ3v) is 5.06. The van der Waals surface area contributed by atoms with E-state index >= 15 is 0 Å². The summed E-state index contributed by atoms with van der Waals surface area (Å²) in [5, 5.41) is 3.86. The SMILES string of the molecule is Fc1ccc(C2CC(NC3CCCCCCC3)C2)cc1. The summed E-state index contributed by atoms with van der Waals surface area (Å²) in [6, 6.07) is 8.51. The highest BCUT2D eigenvalue weighted by Gasteiger charge is 2.31. The summed E-state index contributed by atoms with van der Waals surface area (Å²) in [5.74, 6) is 0.513. The van der Waals surface area contributed by atoms with Crippen LogP contribution in [0, 0.1) is 5.82 Å². The van der Waals surface area contributed by atoms with Crippen molar-refractivity contribution >= 4 is 0 Å². The van der Waals surface area contributed by atoms with E-state index in [9.17, 15) is 4.39 Å². The van der Waals surface area contributed by atoms with Gasteiger partial charge in [0.2, 0.25) is 0 Å². The van der Waals surface area contributed by atoms with E-state index in [2.05, 4.69) is 5.32 Å². The quantitative estimate of drug-likeness (QED) is 0.837. The highest BCUT2D eigenvalue weighted by atomic mass is 19.1. The molecule has 0 aromatic heterocycles. The molecule has 0 bridgehead atoms. The molecule has 1 aromatic rings. The Balaban J connectivity index is 1.44. The van der Waals surface area contributed by atoms with Crippen LogP contribution in [0.3, 0.4) is 0 Å². The Morgan fingerprint density at radius 3 is 2.05 bits per heavy atom. The van der Waals surface area contributed by atoms with Crippen LogP contribution in [-0.2, 0) is 0 Å². The summed E-state index contributed by atoms with van der Waals surface area (Å²) in [5.41, 5.74) is 1.31. The molecule has 0 amide bonds. The zero-order valence-electron chi connectivity index (χ0n) is 12.3. The van der Waals surface area contributed by atoms with Crippen molar-refractivity contribution in [3.63, 3.8) is 0 Å². The van der Waals surface area contributed by atoms with Crippen molar-refractivity contribution in [1.29, 1.82) is 0 Å². The van der Waals surface area contributed by atoms with Crippen LogP contribution < -0.4 is 5.32 Å². The maximum atomic E-state index is 12.9. The molecule has 20 heavy (non-hydrogen) atoms. The Hall–Kier alpha value is -0.890. The summed E-state index contributed by atoms with van der Waals surface area (Å²) in [7, 11) is 0. The molecular formula is C18H26FN. The second kappa shape index (κ2) is 6.71. The minimum atomic E-state index is -0.128. The second-order valence-corrected chi connectivity index (χ2v) is 6.63. The van der Waals surface area contributed by atoms with Crippen LogP contribution in [0.15, 0.2) is 24.3 Å². The first kappa shape index (κ1) is 14.1. The normalized spacial score (nSPS) is 28.4. The van der Waals surface area contributed by atoms with E-state index in [4.69, 9.17) is 0 Å². The van der Waals surface area contributed by atoms with E-state index in [1.54, 1.807) is 12.1 Å². The summed E-state index contributed by atoms with van der Waals surface area (Å²) >= 11 is 0. The van der Waals surface area contributed by atoms with Crippen LogP contribution in [0.25, 0.3) is 0 Å². The summed E-state index contributed by atoms with van der Waals surface area (Å²) in [6.07, 6.45) is 12.2. The molecule has 2 aliphatic carbocycles. The molecule has 0 spiro atoms. The summed E-state index contributed by atoms with van der Waals surface area (Å²) in [6.45, 7) is 0. The van der Waals surface area contributed by atoms with E-state index < -0.39 is 0 Å². The van der Waals surface area contributed by atoms with Gasteiger partial charge in [0.1, 0.15) is 5.82 Å². The molecule has 2 aliphatic rings. The average molecular weight is 275 g/mol.